The Morgan fingerprint density at radius 1 is 1.46 bits per heavy atom. The molecule has 76 valence electrons. The smallest absolute Gasteiger partial charge is 0.236 e. The van der Waals surface area contributed by atoms with Gasteiger partial charge in [0.2, 0.25) is 11.8 Å². The van der Waals surface area contributed by atoms with Gasteiger partial charge in [0.1, 0.15) is 0 Å². The monoisotopic (exact) mass is 187 g/mol. The molecule has 0 heterocycles. The maximum atomic E-state index is 11.2. The second-order valence-electron chi connectivity index (χ2n) is 2.89. The predicted molar refractivity (Wildman–Crippen MR) is 49.9 cm³/mol. The number of hydrogen-bond acceptors (Lipinski definition) is 3. The highest BCUT2D eigenvalue weighted by atomic mass is 16.2. The fourth-order valence-corrected chi connectivity index (χ4v) is 0.802. The maximum absolute atomic E-state index is 11.2. The van der Waals surface area contributed by atoms with Crippen molar-refractivity contribution in [2.24, 2.45) is 11.7 Å². The molecule has 5 nitrogen and oxygen atoms in total. The van der Waals surface area contributed by atoms with E-state index in [1.165, 1.54) is 0 Å². The number of nitrogens with one attached hydrogen (secondary N) is 2. The highest BCUT2D eigenvalue weighted by molar-refractivity contribution is 5.84. The second-order valence-corrected chi connectivity index (χ2v) is 2.89. The van der Waals surface area contributed by atoms with Crippen molar-refractivity contribution in [2.75, 3.05) is 19.6 Å². The van der Waals surface area contributed by atoms with Gasteiger partial charge in [-0.2, -0.15) is 0 Å². The van der Waals surface area contributed by atoms with Crippen LogP contribution in [0.3, 0.4) is 0 Å². The van der Waals surface area contributed by atoms with Crippen molar-refractivity contribution in [3.63, 3.8) is 0 Å². The molecule has 5 heteroatoms. The molecule has 1 atom stereocenters. The van der Waals surface area contributed by atoms with Gasteiger partial charge in [0.25, 0.3) is 0 Å². The van der Waals surface area contributed by atoms with E-state index in [4.69, 9.17) is 5.73 Å². The molecule has 0 aromatic carbocycles. The number of amides is 2. The van der Waals surface area contributed by atoms with E-state index in [1.54, 1.807) is 6.92 Å². The Balaban J connectivity index is 3.63. The first-order chi connectivity index (χ1) is 6.07. The number of primary amides is 1. The second kappa shape index (κ2) is 6.42. The molecule has 4 N–H and O–H groups in total. The summed E-state index contributed by atoms with van der Waals surface area (Å²) in [7, 11) is 0. The Kier molecular flexibility index (Phi) is 5.88. The minimum atomic E-state index is -0.524. The fraction of sp³-hybridized carbons (Fsp3) is 0.750. The number of carbonyl (C=O) groups is 2. The highest BCUT2D eigenvalue weighted by Gasteiger charge is 2.11. The lowest BCUT2D eigenvalue weighted by molar-refractivity contribution is -0.127. The first-order valence-electron chi connectivity index (χ1n) is 4.34. The van der Waals surface area contributed by atoms with E-state index in [0.717, 1.165) is 6.54 Å². The predicted octanol–water partition coefficient (Wildman–Crippen LogP) is -1.17. The summed E-state index contributed by atoms with van der Waals surface area (Å²) in [5.41, 5.74) is 4.87. The van der Waals surface area contributed by atoms with Crippen LogP contribution in [0, 0.1) is 5.92 Å². The molecule has 0 saturated carbocycles. The van der Waals surface area contributed by atoms with E-state index in [9.17, 15) is 9.59 Å². The van der Waals surface area contributed by atoms with E-state index in [0.29, 0.717) is 6.54 Å². The standard InChI is InChI=1S/C8H17N3O2/c1-3-10-4-6(2)8(13)11-5-7(9)12/h6,10H,3-5H2,1-2H3,(H2,9,12)(H,11,13). The van der Waals surface area contributed by atoms with Crippen molar-refractivity contribution in [3.8, 4) is 0 Å². The minimum absolute atomic E-state index is 0.0880. The molecule has 0 aromatic rings. The summed E-state index contributed by atoms with van der Waals surface area (Å²) in [4.78, 5) is 21.5. The Bertz CT molecular complexity index is 182. The van der Waals surface area contributed by atoms with Crippen LogP contribution in [0.25, 0.3) is 0 Å². The normalized spacial score (nSPS) is 12.2. The van der Waals surface area contributed by atoms with Gasteiger partial charge in [-0.1, -0.05) is 13.8 Å². The zero-order valence-electron chi connectivity index (χ0n) is 8.09. The van der Waals surface area contributed by atoms with Gasteiger partial charge in [0.15, 0.2) is 0 Å². The first-order valence-corrected chi connectivity index (χ1v) is 4.34. The van der Waals surface area contributed by atoms with Crippen molar-refractivity contribution < 1.29 is 9.59 Å². The first kappa shape index (κ1) is 11.9. The topological polar surface area (TPSA) is 84.2 Å². The molecule has 0 aliphatic rings. The van der Waals surface area contributed by atoms with E-state index < -0.39 is 5.91 Å². The van der Waals surface area contributed by atoms with Crippen molar-refractivity contribution in [2.45, 2.75) is 13.8 Å². The molecule has 0 saturated heterocycles. The highest BCUT2D eigenvalue weighted by Crippen LogP contribution is 1.91. The van der Waals surface area contributed by atoms with Gasteiger partial charge in [-0.05, 0) is 6.54 Å². The van der Waals surface area contributed by atoms with Crippen molar-refractivity contribution in [1.82, 2.24) is 10.6 Å². The van der Waals surface area contributed by atoms with Crippen LogP contribution in [-0.2, 0) is 9.59 Å². The average Bonchev–Trinajstić information content (AvgIpc) is 2.10. The lowest BCUT2D eigenvalue weighted by Crippen LogP contribution is -2.39. The summed E-state index contributed by atoms with van der Waals surface area (Å²) in [5.74, 6) is -0.817. The van der Waals surface area contributed by atoms with Crippen LogP contribution in [0.4, 0.5) is 0 Å². The number of nitrogens with two attached hydrogens (primary N) is 1. The molecule has 0 fully saturated rings. The minimum Gasteiger partial charge on any atom is -0.368 e. The van der Waals surface area contributed by atoms with Gasteiger partial charge in [-0.3, -0.25) is 9.59 Å². The van der Waals surface area contributed by atoms with Crippen LogP contribution in [-0.4, -0.2) is 31.4 Å². The molecule has 0 aliphatic heterocycles. The number of hydrogen-bond donors (Lipinski definition) is 3. The van der Waals surface area contributed by atoms with E-state index >= 15 is 0 Å². The third-order valence-electron chi connectivity index (χ3n) is 1.58. The lowest BCUT2D eigenvalue weighted by atomic mass is 10.1. The van der Waals surface area contributed by atoms with Crippen molar-refractivity contribution in [3.05, 3.63) is 0 Å². The Morgan fingerprint density at radius 2 is 2.08 bits per heavy atom. The molecule has 0 aliphatic carbocycles. The zero-order chi connectivity index (χ0) is 10.3. The molecule has 0 spiro atoms. The van der Waals surface area contributed by atoms with Crippen LogP contribution in [0.1, 0.15) is 13.8 Å². The molecule has 0 radical (unpaired) electrons. The van der Waals surface area contributed by atoms with Crippen LogP contribution in [0.5, 0.6) is 0 Å². The molecule has 0 aromatic heterocycles. The van der Waals surface area contributed by atoms with Gasteiger partial charge >= 0.3 is 0 Å². The molecule has 13 heavy (non-hydrogen) atoms. The summed E-state index contributed by atoms with van der Waals surface area (Å²) in [6, 6.07) is 0. The Labute approximate surface area is 78.1 Å². The summed E-state index contributed by atoms with van der Waals surface area (Å²) in [5, 5.41) is 5.48. The maximum Gasteiger partial charge on any atom is 0.236 e. The van der Waals surface area contributed by atoms with Gasteiger partial charge in [0, 0.05) is 12.5 Å². The largest absolute Gasteiger partial charge is 0.368 e. The fourth-order valence-electron chi connectivity index (χ4n) is 0.802. The number of carbonyl (C=O) groups excluding carboxylic acids is 2. The molecule has 2 amide bonds. The van der Waals surface area contributed by atoms with E-state index in [2.05, 4.69) is 10.6 Å². The van der Waals surface area contributed by atoms with Crippen LogP contribution >= 0.6 is 0 Å². The zero-order valence-corrected chi connectivity index (χ0v) is 8.09. The summed E-state index contributed by atoms with van der Waals surface area (Å²) < 4.78 is 0. The van der Waals surface area contributed by atoms with Gasteiger partial charge < -0.3 is 16.4 Å². The van der Waals surface area contributed by atoms with Gasteiger partial charge in [-0.25, -0.2) is 0 Å². The van der Waals surface area contributed by atoms with E-state index in [-0.39, 0.29) is 18.4 Å². The van der Waals surface area contributed by atoms with Gasteiger partial charge in [-0.15, -0.1) is 0 Å². The molecular formula is C8H17N3O2. The summed E-state index contributed by atoms with van der Waals surface area (Å²) in [6.45, 7) is 5.11. The quantitative estimate of drug-likeness (QED) is 0.490. The summed E-state index contributed by atoms with van der Waals surface area (Å²) >= 11 is 0. The van der Waals surface area contributed by atoms with E-state index in [1.807, 2.05) is 6.92 Å². The Morgan fingerprint density at radius 3 is 2.54 bits per heavy atom. The van der Waals surface area contributed by atoms with Crippen LogP contribution in [0.2, 0.25) is 0 Å². The molecular weight excluding hydrogens is 170 g/mol. The SMILES string of the molecule is CCNCC(C)C(=O)NCC(N)=O. The molecule has 1 unspecified atom stereocenters. The third-order valence-corrected chi connectivity index (χ3v) is 1.58. The van der Waals surface area contributed by atoms with Crippen LogP contribution in [0.15, 0.2) is 0 Å². The molecule has 0 bridgehead atoms. The van der Waals surface area contributed by atoms with Gasteiger partial charge in [0.05, 0.1) is 6.54 Å². The lowest BCUT2D eigenvalue weighted by Gasteiger charge is -2.10. The summed E-state index contributed by atoms with van der Waals surface area (Å²) in [6.07, 6.45) is 0. The van der Waals surface area contributed by atoms with Crippen molar-refractivity contribution >= 4 is 11.8 Å². The Hall–Kier alpha value is -1.10. The van der Waals surface area contributed by atoms with Crippen molar-refractivity contribution in [1.29, 1.82) is 0 Å². The van der Waals surface area contributed by atoms with Crippen LogP contribution < -0.4 is 16.4 Å². The third kappa shape index (κ3) is 6.10. The number of rotatable bonds is 6. The average molecular weight is 187 g/mol. The molecule has 0 rings (SSSR count).